The van der Waals surface area contributed by atoms with Crippen LogP contribution in [0.5, 0.6) is 0 Å². The third kappa shape index (κ3) is 4.92. The molecule has 0 unspecified atom stereocenters. The van der Waals surface area contributed by atoms with Gasteiger partial charge in [0, 0.05) is 42.8 Å². The van der Waals surface area contributed by atoms with Crippen LogP contribution in [0, 0.1) is 29.6 Å². The van der Waals surface area contributed by atoms with Gasteiger partial charge in [-0.3, -0.25) is 10.2 Å². The van der Waals surface area contributed by atoms with Crippen LogP contribution in [0.2, 0.25) is 0 Å². The molecule has 1 N–H and O–H groups in total. The second-order valence-electron chi connectivity index (χ2n) is 9.66. The first kappa shape index (κ1) is 25.3. The van der Waals surface area contributed by atoms with Crippen molar-refractivity contribution in [2.45, 2.75) is 26.3 Å². The summed E-state index contributed by atoms with van der Waals surface area (Å²) in [4.78, 5) is 31.3. The zero-order chi connectivity index (χ0) is 26.9. The quantitative estimate of drug-likeness (QED) is 0.398. The lowest BCUT2D eigenvalue weighted by Gasteiger charge is -2.40. The molecule has 9 nitrogen and oxygen atoms in total. The van der Waals surface area contributed by atoms with Gasteiger partial charge in [0.05, 0.1) is 33.8 Å². The van der Waals surface area contributed by atoms with Gasteiger partial charge in [0.1, 0.15) is 11.9 Å². The average Bonchev–Trinajstić information content (AvgIpc) is 3.37. The van der Waals surface area contributed by atoms with Crippen LogP contribution in [0.25, 0.3) is 32.6 Å². The molecular weight excluding hydrogens is 496 g/mol. The topological polar surface area (TPSA) is 122 Å². The number of hydrogen-bond donors (Lipinski definition) is 1. The van der Waals surface area contributed by atoms with Gasteiger partial charge in [0.15, 0.2) is 5.13 Å². The maximum atomic E-state index is 13.1. The maximum absolute atomic E-state index is 13.1. The van der Waals surface area contributed by atoms with Gasteiger partial charge >= 0.3 is 6.03 Å². The van der Waals surface area contributed by atoms with Gasteiger partial charge in [0.25, 0.3) is 0 Å². The summed E-state index contributed by atoms with van der Waals surface area (Å²) in [7, 11) is 0. The first-order chi connectivity index (χ1) is 18.3. The summed E-state index contributed by atoms with van der Waals surface area (Å²) in [5.74, 6) is 0. The number of anilines is 1. The molecule has 1 saturated heterocycles. The van der Waals surface area contributed by atoms with Crippen molar-refractivity contribution in [1.82, 2.24) is 24.8 Å². The van der Waals surface area contributed by atoms with Crippen LogP contribution in [0.15, 0.2) is 48.8 Å². The van der Waals surface area contributed by atoms with E-state index >= 15 is 0 Å². The predicted octanol–water partition coefficient (Wildman–Crippen LogP) is 5.05. The van der Waals surface area contributed by atoms with E-state index < -0.39 is 5.54 Å². The lowest BCUT2D eigenvalue weighted by molar-refractivity contribution is 0.0964. The summed E-state index contributed by atoms with van der Waals surface area (Å²) < 4.78 is 0. The third-order valence-corrected chi connectivity index (χ3v) is 7.85. The molecule has 2 aromatic heterocycles. The first-order valence-corrected chi connectivity index (χ1v) is 13.1. The Morgan fingerprint density at radius 3 is 2.58 bits per heavy atom. The number of nitrogens with zero attached hydrogens (tertiary/aromatic N) is 7. The first-order valence-electron chi connectivity index (χ1n) is 12.2. The smallest absolute Gasteiger partial charge is 0.322 e. The van der Waals surface area contributed by atoms with Crippen LogP contribution >= 0.6 is 11.3 Å². The summed E-state index contributed by atoms with van der Waals surface area (Å²) in [6.45, 7) is 8.03. The molecule has 0 aliphatic carbocycles. The highest BCUT2D eigenvalue weighted by molar-refractivity contribution is 7.19. The number of piperazine rings is 1. The molecule has 10 heteroatoms. The standard InChI is InChI=1S/C28H26N8OS/c1-18-22-14-21(7-8-23(22)32-17-31-18)25-24(20-6-4-5-19(13-20)15-29)33-26(38-25)34-27(37)35-9-11-36(12-10-35)28(2,3)16-30/h4-8,13-14,17H,9-12H2,1-3H3,(H,33,34,37). The fourth-order valence-electron chi connectivity index (χ4n) is 4.54. The summed E-state index contributed by atoms with van der Waals surface area (Å²) in [6, 6.07) is 17.6. The number of nitriles is 2. The van der Waals surface area contributed by atoms with E-state index in [9.17, 15) is 15.3 Å². The summed E-state index contributed by atoms with van der Waals surface area (Å²) in [6.07, 6.45) is 1.55. The number of nitrogens with one attached hydrogen (secondary N) is 1. The highest BCUT2D eigenvalue weighted by atomic mass is 32.1. The normalized spacial score (nSPS) is 14.2. The minimum atomic E-state index is -0.567. The summed E-state index contributed by atoms with van der Waals surface area (Å²) in [5, 5.41) is 23.3. The Balaban J connectivity index is 1.46. The minimum Gasteiger partial charge on any atom is -0.322 e. The van der Waals surface area contributed by atoms with Crippen molar-refractivity contribution in [2.75, 3.05) is 31.5 Å². The van der Waals surface area contributed by atoms with E-state index in [4.69, 9.17) is 4.98 Å². The SMILES string of the molecule is Cc1ncnc2ccc(-c3sc(NC(=O)N4CCN(C(C)(C)C#N)CC4)nc3-c3cccc(C#N)c3)cc12. The number of carbonyl (C=O) groups is 1. The van der Waals surface area contributed by atoms with Crippen molar-refractivity contribution >= 4 is 33.4 Å². The number of carbonyl (C=O) groups excluding carboxylic acids is 1. The molecule has 0 spiro atoms. The second kappa shape index (κ2) is 10.2. The number of amides is 2. The lowest BCUT2D eigenvalue weighted by Crippen LogP contribution is -2.55. The number of benzene rings is 2. The fourth-order valence-corrected chi connectivity index (χ4v) is 5.51. The van der Waals surface area contributed by atoms with E-state index in [-0.39, 0.29) is 6.03 Å². The highest BCUT2D eigenvalue weighted by Crippen LogP contribution is 2.40. The molecule has 0 atom stereocenters. The van der Waals surface area contributed by atoms with E-state index in [0.29, 0.717) is 42.6 Å². The van der Waals surface area contributed by atoms with Crippen LogP contribution < -0.4 is 5.32 Å². The zero-order valence-corrected chi connectivity index (χ0v) is 22.2. The zero-order valence-electron chi connectivity index (χ0n) is 21.4. The van der Waals surface area contributed by atoms with E-state index in [1.807, 2.05) is 51.1 Å². The van der Waals surface area contributed by atoms with Gasteiger partial charge in [-0.05, 0) is 50.6 Å². The number of thiazole rings is 1. The van der Waals surface area contributed by atoms with Crippen molar-refractivity contribution in [1.29, 1.82) is 10.5 Å². The Bertz CT molecular complexity index is 1610. The molecule has 0 radical (unpaired) electrons. The van der Waals surface area contributed by atoms with Gasteiger partial charge in [-0.1, -0.05) is 29.5 Å². The number of aryl methyl sites for hydroxylation is 1. The molecule has 1 aliphatic rings. The van der Waals surface area contributed by atoms with Crippen molar-refractivity contribution in [3.05, 3.63) is 60.0 Å². The van der Waals surface area contributed by atoms with E-state index in [2.05, 4.69) is 32.3 Å². The molecule has 4 aromatic rings. The van der Waals surface area contributed by atoms with Crippen LogP contribution in [-0.2, 0) is 0 Å². The number of hydrogen-bond acceptors (Lipinski definition) is 8. The number of fused-ring (bicyclic) bond motifs is 1. The predicted molar refractivity (Wildman–Crippen MR) is 147 cm³/mol. The van der Waals surface area contributed by atoms with Gasteiger partial charge in [-0.25, -0.2) is 19.7 Å². The summed E-state index contributed by atoms with van der Waals surface area (Å²) in [5.41, 5.74) is 4.11. The second-order valence-corrected chi connectivity index (χ2v) is 10.7. The third-order valence-electron chi connectivity index (χ3n) is 6.83. The number of aromatic nitrogens is 3. The molecule has 190 valence electrons. The molecule has 2 amide bonds. The molecule has 0 bridgehead atoms. The monoisotopic (exact) mass is 522 g/mol. The Kier molecular flexibility index (Phi) is 6.77. The van der Waals surface area contributed by atoms with Gasteiger partial charge in [-0.2, -0.15) is 10.5 Å². The minimum absolute atomic E-state index is 0.222. The number of urea groups is 1. The molecule has 3 heterocycles. The molecule has 1 fully saturated rings. The molecule has 2 aromatic carbocycles. The van der Waals surface area contributed by atoms with Crippen LogP contribution in [-0.4, -0.2) is 62.5 Å². The maximum Gasteiger partial charge on any atom is 0.323 e. The van der Waals surface area contributed by atoms with Gasteiger partial charge in [-0.15, -0.1) is 0 Å². The molecular formula is C28H26N8OS. The Hall–Kier alpha value is -4.38. The van der Waals surface area contributed by atoms with Crippen LogP contribution in [0.4, 0.5) is 9.93 Å². The molecule has 0 saturated carbocycles. The van der Waals surface area contributed by atoms with Gasteiger partial charge in [0.2, 0.25) is 0 Å². The average molecular weight is 523 g/mol. The van der Waals surface area contributed by atoms with Crippen LogP contribution in [0.3, 0.4) is 0 Å². The van der Waals surface area contributed by atoms with Crippen molar-refractivity contribution in [3.63, 3.8) is 0 Å². The Morgan fingerprint density at radius 1 is 1.05 bits per heavy atom. The molecule has 5 rings (SSSR count). The van der Waals surface area contributed by atoms with Crippen molar-refractivity contribution in [2.24, 2.45) is 0 Å². The lowest BCUT2D eigenvalue weighted by atomic mass is 10.0. The van der Waals surface area contributed by atoms with Gasteiger partial charge < -0.3 is 4.90 Å². The Morgan fingerprint density at radius 2 is 1.84 bits per heavy atom. The fraction of sp³-hybridized carbons (Fsp3) is 0.286. The number of rotatable bonds is 4. The van der Waals surface area contributed by atoms with Crippen LogP contribution in [0.1, 0.15) is 25.1 Å². The van der Waals surface area contributed by atoms with Crippen molar-refractivity contribution < 1.29 is 4.79 Å². The largest absolute Gasteiger partial charge is 0.323 e. The molecule has 1 aliphatic heterocycles. The van der Waals surface area contributed by atoms with E-state index in [1.165, 1.54) is 11.3 Å². The Labute approximate surface area is 225 Å². The highest BCUT2D eigenvalue weighted by Gasteiger charge is 2.31. The molecule has 38 heavy (non-hydrogen) atoms. The van der Waals surface area contributed by atoms with Crippen molar-refractivity contribution in [3.8, 4) is 33.8 Å². The van der Waals surface area contributed by atoms with E-state index in [1.54, 1.807) is 23.4 Å². The van der Waals surface area contributed by atoms with E-state index in [0.717, 1.165) is 32.6 Å². The summed E-state index contributed by atoms with van der Waals surface area (Å²) >= 11 is 1.39.